The van der Waals surface area contributed by atoms with Crippen LogP contribution in [0.4, 0.5) is 0 Å². The minimum Gasteiger partial charge on any atom is -0.508 e. The van der Waals surface area contributed by atoms with Crippen LogP contribution in [0.15, 0.2) is 72.8 Å². The highest BCUT2D eigenvalue weighted by molar-refractivity contribution is 5.91. The first-order valence-electron chi connectivity index (χ1n) is 7.63. The quantitative estimate of drug-likeness (QED) is 0.547. The monoisotopic (exact) mass is 300 g/mol. The molecule has 0 bridgehead atoms. The number of phenols is 2. The lowest BCUT2D eigenvalue weighted by Gasteiger charge is -2.12. The number of fused-ring (bicyclic) bond motifs is 2. The van der Waals surface area contributed by atoms with E-state index in [1.165, 1.54) is 0 Å². The van der Waals surface area contributed by atoms with E-state index in [0.717, 1.165) is 32.7 Å². The summed E-state index contributed by atoms with van der Waals surface area (Å²) in [5.41, 5.74) is 1.66. The fourth-order valence-corrected chi connectivity index (χ4v) is 3.14. The molecule has 2 nitrogen and oxygen atoms in total. The van der Waals surface area contributed by atoms with Gasteiger partial charge in [0.2, 0.25) is 0 Å². The molecular formula is C21H16O2. The molecule has 2 heteroatoms. The molecule has 0 atom stereocenters. The SMILES string of the molecule is Oc1ccc2ccccc2c1Cc1ccc2ccccc2c1O. The summed E-state index contributed by atoms with van der Waals surface area (Å²) in [7, 11) is 0. The molecule has 2 N–H and O–H groups in total. The second-order valence-electron chi connectivity index (χ2n) is 5.76. The maximum absolute atomic E-state index is 10.6. The van der Waals surface area contributed by atoms with E-state index in [1.807, 2.05) is 66.7 Å². The fraction of sp³-hybridized carbons (Fsp3) is 0.0476. The van der Waals surface area contributed by atoms with Crippen molar-refractivity contribution in [2.24, 2.45) is 0 Å². The molecule has 0 aliphatic heterocycles. The number of hydrogen-bond acceptors (Lipinski definition) is 2. The van der Waals surface area contributed by atoms with Crippen molar-refractivity contribution < 1.29 is 10.2 Å². The largest absolute Gasteiger partial charge is 0.508 e. The minimum atomic E-state index is 0.260. The predicted molar refractivity (Wildman–Crippen MR) is 94.0 cm³/mol. The van der Waals surface area contributed by atoms with Crippen molar-refractivity contribution in [1.29, 1.82) is 0 Å². The lowest BCUT2D eigenvalue weighted by Crippen LogP contribution is -1.92. The number of aromatic hydroxyl groups is 2. The molecule has 0 radical (unpaired) electrons. The van der Waals surface area contributed by atoms with E-state index >= 15 is 0 Å². The summed E-state index contributed by atoms with van der Waals surface area (Å²) < 4.78 is 0. The number of hydrogen-bond donors (Lipinski definition) is 2. The summed E-state index contributed by atoms with van der Waals surface area (Å²) in [5, 5.41) is 24.8. The van der Waals surface area contributed by atoms with Crippen LogP contribution in [0.3, 0.4) is 0 Å². The number of phenolic OH excluding ortho intramolecular Hbond substituents is 2. The summed E-state index contributed by atoms with van der Waals surface area (Å²) in [6, 6.07) is 23.3. The van der Waals surface area contributed by atoms with Crippen molar-refractivity contribution in [1.82, 2.24) is 0 Å². The molecule has 4 aromatic rings. The van der Waals surface area contributed by atoms with Crippen LogP contribution in [0.5, 0.6) is 11.5 Å². The lowest BCUT2D eigenvalue weighted by molar-refractivity contribution is 0.466. The summed E-state index contributed by atoms with van der Waals surface area (Å²) in [6.45, 7) is 0. The van der Waals surface area contributed by atoms with E-state index in [-0.39, 0.29) is 11.5 Å². The molecule has 0 saturated carbocycles. The summed E-state index contributed by atoms with van der Waals surface area (Å²) in [4.78, 5) is 0. The van der Waals surface area contributed by atoms with Crippen molar-refractivity contribution in [3.63, 3.8) is 0 Å². The average Bonchev–Trinajstić information content (AvgIpc) is 2.60. The Morgan fingerprint density at radius 3 is 2.00 bits per heavy atom. The van der Waals surface area contributed by atoms with Crippen molar-refractivity contribution >= 4 is 21.5 Å². The van der Waals surface area contributed by atoms with Gasteiger partial charge in [-0.05, 0) is 27.8 Å². The predicted octanol–water partition coefficient (Wildman–Crippen LogP) is 5.00. The molecule has 0 unspecified atom stereocenters. The van der Waals surface area contributed by atoms with E-state index < -0.39 is 0 Å². The van der Waals surface area contributed by atoms with E-state index in [2.05, 4.69) is 0 Å². The number of benzene rings is 4. The van der Waals surface area contributed by atoms with E-state index in [4.69, 9.17) is 0 Å². The zero-order valence-electron chi connectivity index (χ0n) is 12.5. The molecule has 0 saturated heterocycles. The Balaban J connectivity index is 1.88. The Bertz CT molecular complexity index is 1020. The maximum atomic E-state index is 10.6. The fourth-order valence-electron chi connectivity index (χ4n) is 3.14. The Kier molecular flexibility index (Phi) is 3.16. The minimum absolute atomic E-state index is 0.260. The molecule has 0 aliphatic rings. The van der Waals surface area contributed by atoms with Gasteiger partial charge in [0, 0.05) is 17.4 Å². The van der Waals surface area contributed by atoms with Crippen LogP contribution in [0.1, 0.15) is 11.1 Å². The zero-order valence-corrected chi connectivity index (χ0v) is 12.5. The highest BCUT2D eigenvalue weighted by Crippen LogP contribution is 2.34. The molecule has 0 amide bonds. The molecule has 23 heavy (non-hydrogen) atoms. The highest BCUT2D eigenvalue weighted by atomic mass is 16.3. The van der Waals surface area contributed by atoms with Gasteiger partial charge in [0.05, 0.1) is 0 Å². The second kappa shape index (κ2) is 5.33. The van der Waals surface area contributed by atoms with Gasteiger partial charge in [-0.15, -0.1) is 0 Å². The van der Waals surface area contributed by atoms with Gasteiger partial charge < -0.3 is 10.2 Å². The van der Waals surface area contributed by atoms with E-state index in [9.17, 15) is 10.2 Å². The third-order valence-corrected chi connectivity index (χ3v) is 4.37. The molecule has 112 valence electrons. The van der Waals surface area contributed by atoms with Gasteiger partial charge >= 0.3 is 0 Å². The third kappa shape index (κ3) is 2.29. The Labute approximate surface area is 134 Å². The van der Waals surface area contributed by atoms with Crippen LogP contribution in [0.2, 0.25) is 0 Å². The Hall–Kier alpha value is -3.00. The standard InChI is InChI=1S/C21H16O2/c22-20-12-11-14-5-1-3-7-17(14)19(20)13-16-10-9-15-6-2-4-8-18(15)21(16)23/h1-12,22-23H,13H2. The van der Waals surface area contributed by atoms with Gasteiger partial charge in [0.25, 0.3) is 0 Å². The first-order chi connectivity index (χ1) is 11.2. The first kappa shape index (κ1) is 13.6. The van der Waals surface area contributed by atoms with Crippen LogP contribution < -0.4 is 0 Å². The molecule has 0 spiro atoms. The smallest absolute Gasteiger partial charge is 0.126 e. The van der Waals surface area contributed by atoms with Crippen molar-refractivity contribution in [3.05, 3.63) is 83.9 Å². The van der Waals surface area contributed by atoms with Crippen LogP contribution >= 0.6 is 0 Å². The van der Waals surface area contributed by atoms with Crippen molar-refractivity contribution in [2.75, 3.05) is 0 Å². The lowest BCUT2D eigenvalue weighted by atomic mass is 9.95. The van der Waals surface area contributed by atoms with Gasteiger partial charge in [-0.1, -0.05) is 66.7 Å². The van der Waals surface area contributed by atoms with Gasteiger partial charge in [-0.2, -0.15) is 0 Å². The Morgan fingerprint density at radius 2 is 1.22 bits per heavy atom. The molecule has 4 aromatic carbocycles. The van der Waals surface area contributed by atoms with E-state index in [1.54, 1.807) is 6.07 Å². The van der Waals surface area contributed by atoms with Gasteiger partial charge in [0.1, 0.15) is 11.5 Å². The van der Waals surface area contributed by atoms with Crippen LogP contribution in [0.25, 0.3) is 21.5 Å². The van der Waals surface area contributed by atoms with Crippen LogP contribution in [-0.2, 0) is 6.42 Å². The molecule has 0 aliphatic carbocycles. The third-order valence-electron chi connectivity index (χ3n) is 4.37. The summed E-state index contributed by atoms with van der Waals surface area (Å²) >= 11 is 0. The topological polar surface area (TPSA) is 40.5 Å². The van der Waals surface area contributed by atoms with E-state index in [0.29, 0.717) is 6.42 Å². The van der Waals surface area contributed by atoms with Gasteiger partial charge in [0.15, 0.2) is 0 Å². The first-order valence-corrected chi connectivity index (χ1v) is 7.63. The second-order valence-corrected chi connectivity index (χ2v) is 5.76. The van der Waals surface area contributed by atoms with Crippen LogP contribution in [0, 0.1) is 0 Å². The molecule has 0 heterocycles. The molecule has 0 aromatic heterocycles. The molecule has 0 fully saturated rings. The summed E-state index contributed by atoms with van der Waals surface area (Å²) in [6.07, 6.45) is 0.490. The zero-order chi connectivity index (χ0) is 15.8. The average molecular weight is 300 g/mol. The summed E-state index contributed by atoms with van der Waals surface area (Å²) in [5.74, 6) is 0.548. The maximum Gasteiger partial charge on any atom is 0.126 e. The van der Waals surface area contributed by atoms with Gasteiger partial charge in [-0.25, -0.2) is 0 Å². The normalized spacial score (nSPS) is 11.1. The number of rotatable bonds is 2. The van der Waals surface area contributed by atoms with Crippen LogP contribution in [-0.4, -0.2) is 10.2 Å². The Morgan fingerprint density at radius 1 is 0.609 bits per heavy atom. The molecule has 4 rings (SSSR count). The highest BCUT2D eigenvalue weighted by Gasteiger charge is 2.12. The molecular weight excluding hydrogens is 284 g/mol. The van der Waals surface area contributed by atoms with Gasteiger partial charge in [-0.3, -0.25) is 0 Å². The van der Waals surface area contributed by atoms with Crippen molar-refractivity contribution in [3.8, 4) is 11.5 Å². The van der Waals surface area contributed by atoms with Crippen molar-refractivity contribution in [2.45, 2.75) is 6.42 Å².